The Labute approximate surface area is 103 Å². The van der Waals surface area contributed by atoms with Gasteiger partial charge in [-0.25, -0.2) is 0 Å². The molecular formula is C12H23N3O2. The van der Waals surface area contributed by atoms with Gasteiger partial charge < -0.3 is 16.4 Å². The summed E-state index contributed by atoms with van der Waals surface area (Å²) in [5.41, 5.74) is 5.50. The zero-order valence-electron chi connectivity index (χ0n) is 11.0. The van der Waals surface area contributed by atoms with E-state index in [9.17, 15) is 9.59 Å². The molecule has 5 nitrogen and oxygen atoms in total. The zero-order chi connectivity index (χ0) is 13.2. The van der Waals surface area contributed by atoms with Crippen LogP contribution in [0.2, 0.25) is 0 Å². The molecule has 2 amide bonds. The normalized spacial score (nSPS) is 19.4. The van der Waals surface area contributed by atoms with E-state index in [1.165, 1.54) is 0 Å². The lowest BCUT2D eigenvalue weighted by molar-refractivity contribution is -0.130. The molecule has 1 saturated carbocycles. The SMILES string of the molecule is CC(NC(=O)[C@H](N)C(C)(C)C)C(=O)NC1CC1. The molecule has 1 aliphatic carbocycles. The third-order valence-electron chi connectivity index (χ3n) is 2.89. The third-order valence-corrected chi connectivity index (χ3v) is 2.89. The summed E-state index contributed by atoms with van der Waals surface area (Å²) in [5.74, 6) is -0.419. The van der Waals surface area contributed by atoms with Crippen molar-refractivity contribution in [3.63, 3.8) is 0 Å². The van der Waals surface area contributed by atoms with Gasteiger partial charge in [-0.2, -0.15) is 0 Å². The van der Waals surface area contributed by atoms with Crippen molar-refractivity contribution in [2.75, 3.05) is 0 Å². The van der Waals surface area contributed by atoms with E-state index in [4.69, 9.17) is 5.73 Å². The number of hydrogen-bond donors (Lipinski definition) is 3. The largest absolute Gasteiger partial charge is 0.352 e. The lowest BCUT2D eigenvalue weighted by Gasteiger charge is -2.27. The maximum absolute atomic E-state index is 11.8. The highest BCUT2D eigenvalue weighted by molar-refractivity contribution is 5.89. The maximum Gasteiger partial charge on any atom is 0.242 e. The van der Waals surface area contributed by atoms with Crippen molar-refractivity contribution < 1.29 is 9.59 Å². The minimum atomic E-state index is -0.612. The van der Waals surface area contributed by atoms with Crippen molar-refractivity contribution in [3.8, 4) is 0 Å². The fraction of sp³-hybridized carbons (Fsp3) is 0.833. The number of carbonyl (C=O) groups excluding carboxylic acids is 2. The summed E-state index contributed by atoms with van der Waals surface area (Å²) in [6.07, 6.45) is 2.07. The first kappa shape index (κ1) is 14.0. The van der Waals surface area contributed by atoms with Crippen LogP contribution < -0.4 is 16.4 Å². The van der Waals surface area contributed by atoms with E-state index in [1.807, 2.05) is 20.8 Å². The van der Waals surface area contributed by atoms with E-state index in [1.54, 1.807) is 6.92 Å². The molecule has 5 heteroatoms. The molecule has 0 heterocycles. The summed E-state index contributed by atoms with van der Waals surface area (Å²) in [6, 6.07) is -0.840. The average Bonchev–Trinajstić information content (AvgIpc) is 2.98. The predicted octanol–water partition coefficient (Wildman–Crippen LogP) is 0.143. The van der Waals surface area contributed by atoms with Gasteiger partial charge in [-0.3, -0.25) is 9.59 Å². The molecule has 0 bridgehead atoms. The Kier molecular flexibility index (Phi) is 4.14. The van der Waals surface area contributed by atoms with Gasteiger partial charge in [0.2, 0.25) is 11.8 Å². The number of rotatable bonds is 4. The Morgan fingerprint density at radius 1 is 1.24 bits per heavy atom. The molecule has 1 rings (SSSR count). The quantitative estimate of drug-likeness (QED) is 0.654. The predicted molar refractivity (Wildman–Crippen MR) is 66.2 cm³/mol. The van der Waals surface area contributed by atoms with Crippen LogP contribution in [0.25, 0.3) is 0 Å². The van der Waals surface area contributed by atoms with Crippen LogP contribution in [-0.4, -0.2) is 29.9 Å². The van der Waals surface area contributed by atoms with E-state index in [0.29, 0.717) is 6.04 Å². The number of nitrogens with one attached hydrogen (secondary N) is 2. The summed E-state index contributed by atoms with van der Waals surface area (Å²) in [6.45, 7) is 7.36. The van der Waals surface area contributed by atoms with Crippen molar-refractivity contribution in [2.24, 2.45) is 11.1 Å². The van der Waals surface area contributed by atoms with Crippen LogP contribution in [0.15, 0.2) is 0 Å². The van der Waals surface area contributed by atoms with Crippen molar-refractivity contribution >= 4 is 11.8 Å². The lowest BCUT2D eigenvalue weighted by Crippen LogP contribution is -2.54. The third kappa shape index (κ3) is 4.34. The second-order valence-corrected chi connectivity index (χ2v) is 5.86. The first-order valence-corrected chi connectivity index (χ1v) is 6.08. The Bertz CT molecular complexity index is 305. The van der Waals surface area contributed by atoms with E-state index >= 15 is 0 Å². The highest BCUT2D eigenvalue weighted by Gasteiger charge is 2.30. The molecule has 0 aromatic carbocycles. The van der Waals surface area contributed by atoms with Gasteiger partial charge >= 0.3 is 0 Å². The zero-order valence-corrected chi connectivity index (χ0v) is 11.0. The van der Waals surface area contributed by atoms with Crippen molar-refractivity contribution in [3.05, 3.63) is 0 Å². The topological polar surface area (TPSA) is 84.2 Å². The highest BCUT2D eigenvalue weighted by Crippen LogP contribution is 2.19. The molecule has 1 unspecified atom stereocenters. The van der Waals surface area contributed by atoms with Gasteiger partial charge in [0.15, 0.2) is 0 Å². The Morgan fingerprint density at radius 3 is 2.18 bits per heavy atom. The van der Waals surface area contributed by atoms with Gasteiger partial charge in [-0.15, -0.1) is 0 Å². The molecule has 0 aromatic heterocycles. The molecule has 98 valence electrons. The van der Waals surface area contributed by atoms with Gasteiger partial charge in [0.25, 0.3) is 0 Å². The standard InChI is InChI=1S/C12H23N3O2/c1-7(10(16)15-8-5-6-8)14-11(17)9(13)12(2,3)4/h7-9H,5-6,13H2,1-4H3,(H,14,17)(H,15,16)/t7?,9-/m0/s1. The molecule has 17 heavy (non-hydrogen) atoms. The monoisotopic (exact) mass is 241 g/mol. The molecule has 0 aromatic rings. The van der Waals surface area contributed by atoms with Gasteiger partial charge in [0, 0.05) is 6.04 Å². The van der Waals surface area contributed by atoms with Gasteiger partial charge in [-0.1, -0.05) is 20.8 Å². The Morgan fingerprint density at radius 2 is 1.76 bits per heavy atom. The molecule has 4 N–H and O–H groups in total. The summed E-state index contributed by atoms with van der Waals surface area (Å²) >= 11 is 0. The van der Waals surface area contributed by atoms with E-state index in [0.717, 1.165) is 12.8 Å². The van der Waals surface area contributed by atoms with Crippen LogP contribution in [0.5, 0.6) is 0 Å². The smallest absolute Gasteiger partial charge is 0.242 e. The molecule has 2 atom stereocenters. The fourth-order valence-corrected chi connectivity index (χ4v) is 1.32. The molecule has 1 aliphatic rings. The minimum Gasteiger partial charge on any atom is -0.352 e. The van der Waals surface area contributed by atoms with Gasteiger partial charge in [0.1, 0.15) is 6.04 Å². The van der Waals surface area contributed by atoms with Crippen LogP contribution in [0.3, 0.4) is 0 Å². The second kappa shape index (κ2) is 5.04. The summed E-state index contributed by atoms with van der Waals surface area (Å²) in [4.78, 5) is 23.4. The Hall–Kier alpha value is -1.10. The van der Waals surface area contributed by atoms with Crippen molar-refractivity contribution in [1.82, 2.24) is 10.6 Å². The molecule has 0 saturated heterocycles. The van der Waals surface area contributed by atoms with Crippen molar-refractivity contribution in [2.45, 2.75) is 58.7 Å². The number of amides is 2. The summed E-state index contributed by atoms with van der Waals surface area (Å²) in [7, 11) is 0. The molecule has 0 aliphatic heterocycles. The number of nitrogens with two attached hydrogens (primary N) is 1. The summed E-state index contributed by atoms with van der Waals surface area (Å²) < 4.78 is 0. The molecule has 0 spiro atoms. The molecular weight excluding hydrogens is 218 g/mol. The fourth-order valence-electron chi connectivity index (χ4n) is 1.32. The second-order valence-electron chi connectivity index (χ2n) is 5.86. The first-order valence-electron chi connectivity index (χ1n) is 6.08. The van der Waals surface area contributed by atoms with E-state index < -0.39 is 12.1 Å². The molecule has 0 radical (unpaired) electrons. The van der Waals surface area contributed by atoms with Gasteiger partial charge in [0.05, 0.1) is 6.04 Å². The maximum atomic E-state index is 11.8. The van der Waals surface area contributed by atoms with Gasteiger partial charge in [-0.05, 0) is 25.2 Å². The van der Waals surface area contributed by atoms with Crippen LogP contribution in [0.4, 0.5) is 0 Å². The van der Waals surface area contributed by atoms with Crippen LogP contribution in [0.1, 0.15) is 40.5 Å². The average molecular weight is 241 g/mol. The van der Waals surface area contributed by atoms with Crippen LogP contribution in [-0.2, 0) is 9.59 Å². The van der Waals surface area contributed by atoms with Crippen molar-refractivity contribution in [1.29, 1.82) is 0 Å². The molecule has 1 fully saturated rings. The minimum absolute atomic E-state index is 0.137. The van der Waals surface area contributed by atoms with E-state index in [-0.39, 0.29) is 17.2 Å². The number of hydrogen-bond acceptors (Lipinski definition) is 3. The van der Waals surface area contributed by atoms with Crippen LogP contribution in [0, 0.1) is 5.41 Å². The lowest BCUT2D eigenvalue weighted by atomic mass is 9.87. The van der Waals surface area contributed by atoms with E-state index in [2.05, 4.69) is 10.6 Å². The highest BCUT2D eigenvalue weighted by atomic mass is 16.2. The first-order chi connectivity index (χ1) is 7.71. The number of carbonyl (C=O) groups is 2. The summed E-state index contributed by atoms with van der Waals surface area (Å²) in [5, 5.41) is 5.49. The Balaban J connectivity index is 2.41. The van der Waals surface area contributed by atoms with Crippen LogP contribution >= 0.6 is 0 Å².